The molecule has 1 aromatic carbocycles. The average Bonchev–Trinajstić information content (AvgIpc) is 2.44. The Morgan fingerprint density at radius 1 is 1.22 bits per heavy atom. The lowest BCUT2D eigenvalue weighted by Crippen LogP contribution is -2.38. The van der Waals surface area contributed by atoms with Crippen molar-refractivity contribution in [2.24, 2.45) is 4.99 Å². The number of unbranched alkanes of at least 4 members (excludes halogenated alkanes) is 1. The van der Waals surface area contributed by atoms with Crippen LogP contribution in [0.4, 0.5) is 13.2 Å². The topological polar surface area (TPSA) is 27.6 Å². The number of hydrogen-bond acceptors (Lipinski definition) is 1. The van der Waals surface area contributed by atoms with Crippen LogP contribution < -0.4 is 5.32 Å². The molecule has 0 amide bonds. The maximum Gasteiger partial charge on any atom is 0.389 e. The zero-order valence-corrected chi connectivity index (χ0v) is 16.2. The summed E-state index contributed by atoms with van der Waals surface area (Å²) < 4.78 is 36.1. The molecule has 0 bridgehead atoms. The van der Waals surface area contributed by atoms with Gasteiger partial charge in [-0.05, 0) is 30.5 Å². The minimum Gasteiger partial charge on any atom is -0.356 e. The van der Waals surface area contributed by atoms with Crippen molar-refractivity contribution >= 4 is 41.5 Å². The Hall–Kier alpha value is -0.700. The molecular weight excluding hydrogens is 442 g/mol. The number of halogens is 5. The summed E-state index contributed by atoms with van der Waals surface area (Å²) in [6.07, 6.45) is -4.25. The van der Waals surface area contributed by atoms with Gasteiger partial charge in [0.25, 0.3) is 0 Å². The molecule has 0 aliphatic heterocycles. The monoisotopic (exact) mass is 463 g/mol. The molecule has 0 fully saturated rings. The second-order valence-corrected chi connectivity index (χ2v) is 5.47. The van der Waals surface area contributed by atoms with Crippen LogP contribution >= 0.6 is 35.6 Å². The average molecular weight is 464 g/mol. The van der Waals surface area contributed by atoms with E-state index >= 15 is 0 Å². The van der Waals surface area contributed by atoms with Crippen molar-refractivity contribution in [2.45, 2.75) is 32.0 Å². The molecule has 0 aliphatic carbocycles. The second-order valence-electron chi connectivity index (χ2n) is 5.03. The van der Waals surface area contributed by atoms with E-state index in [1.165, 1.54) is 0 Å². The van der Waals surface area contributed by atoms with E-state index in [-0.39, 0.29) is 30.4 Å². The van der Waals surface area contributed by atoms with Gasteiger partial charge in [0, 0.05) is 38.6 Å². The van der Waals surface area contributed by atoms with Crippen LogP contribution in [-0.2, 0) is 6.54 Å². The van der Waals surface area contributed by atoms with Crippen molar-refractivity contribution in [1.82, 2.24) is 10.2 Å². The van der Waals surface area contributed by atoms with Crippen molar-refractivity contribution in [2.75, 3.05) is 20.6 Å². The van der Waals surface area contributed by atoms with Crippen LogP contribution in [0.2, 0.25) is 5.02 Å². The van der Waals surface area contributed by atoms with E-state index < -0.39 is 12.6 Å². The third-order valence-corrected chi connectivity index (χ3v) is 3.33. The highest BCUT2D eigenvalue weighted by Gasteiger charge is 2.25. The molecule has 0 atom stereocenters. The summed E-state index contributed by atoms with van der Waals surface area (Å²) in [6, 6.07) is 7.49. The molecule has 0 aromatic heterocycles. The largest absolute Gasteiger partial charge is 0.389 e. The van der Waals surface area contributed by atoms with Gasteiger partial charge in [0.2, 0.25) is 0 Å². The van der Waals surface area contributed by atoms with Crippen molar-refractivity contribution in [3.8, 4) is 0 Å². The van der Waals surface area contributed by atoms with Crippen LogP contribution in [0.5, 0.6) is 0 Å². The molecular formula is C15H22ClF3IN3. The van der Waals surface area contributed by atoms with E-state index in [0.29, 0.717) is 30.5 Å². The van der Waals surface area contributed by atoms with Gasteiger partial charge in [-0.2, -0.15) is 13.2 Å². The molecule has 23 heavy (non-hydrogen) atoms. The van der Waals surface area contributed by atoms with Crippen LogP contribution in [0.1, 0.15) is 24.8 Å². The van der Waals surface area contributed by atoms with E-state index in [9.17, 15) is 13.2 Å². The summed E-state index contributed by atoms with van der Waals surface area (Å²) in [5.41, 5.74) is 1.08. The van der Waals surface area contributed by atoms with Crippen molar-refractivity contribution in [3.63, 3.8) is 0 Å². The lowest BCUT2D eigenvalue weighted by molar-refractivity contribution is -0.135. The van der Waals surface area contributed by atoms with Crippen LogP contribution in [0, 0.1) is 0 Å². The predicted molar refractivity (Wildman–Crippen MR) is 99.6 cm³/mol. The molecule has 3 nitrogen and oxygen atoms in total. The first-order valence-electron chi connectivity index (χ1n) is 7.05. The summed E-state index contributed by atoms with van der Waals surface area (Å²) in [5.74, 6) is 0.655. The molecule has 1 aromatic rings. The van der Waals surface area contributed by atoms with Gasteiger partial charge in [0.05, 0.1) is 0 Å². The van der Waals surface area contributed by atoms with Crippen LogP contribution in [0.3, 0.4) is 0 Å². The van der Waals surface area contributed by atoms with Gasteiger partial charge in [-0.3, -0.25) is 4.99 Å². The lowest BCUT2D eigenvalue weighted by atomic mass is 10.2. The van der Waals surface area contributed by atoms with E-state index in [4.69, 9.17) is 11.6 Å². The number of hydrogen-bond donors (Lipinski definition) is 1. The van der Waals surface area contributed by atoms with Crippen molar-refractivity contribution < 1.29 is 13.2 Å². The quantitative estimate of drug-likeness (QED) is 0.287. The van der Waals surface area contributed by atoms with Gasteiger partial charge in [-0.1, -0.05) is 23.7 Å². The summed E-state index contributed by atoms with van der Waals surface area (Å²) in [4.78, 5) is 6.04. The minimum absolute atomic E-state index is 0. The highest BCUT2D eigenvalue weighted by atomic mass is 127. The summed E-state index contributed by atoms with van der Waals surface area (Å²) >= 11 is 5.84. The molecule has 0 spiro atoms. The molecule has 0 aliphatic rings. The molecule has 0 heterocycles. The molecule has 132 valence electrons. The molecule has 8 heteroatoms. The Labute approximate surface area is 157 Å². The third kappa shape index (κ3) is 9.91. The van der Waals surface area contributed by atoms with E-state index in [0.717, 1.165) is 5.56 Å². The number of nitrogens with one attached hydrogen (secondary N) is 1. The standard InChI is InChI=1S/C15H21ClF3N3.HI/c1-20-14(21-10-4-3-9-15(17,18)19)22(2)11-12-5-7-13(16)8-6-12;/h5-8H,3-4,9-11H2,1-2H3,(H,20,21);1H. The second kappa shape index (κ2) is 11.0. The minimum atomic E-state index is -4.08. The Morgan fingerprint density at radius 2 is 1.83 bits per heavy atom. The summed E-state index contributed by atoms with van der Waals surface area (Å²) in [7, 11) is 3.52. The zero-order chi connectivity index (χ0) is 16.6. The summed E-state index contributed by atoms with van der Waals surface area (Å²) in [6.45, 7) is 1.10. The Balaban J connectivity index is 0.00000484. The predicted octanol–water partition coefficient (Wildman–Crippen LogP) is 4.70. The number of aliphatic imine (C=N–C) groups is 1. The van der Waals surface area contributed by atoms with Gasteiger partial charge >= 0.3 is 6.18 Å². The van der Waals surface area contributed by atoms with Gasteiger partial charge in [-0.25, -0.2) is 0 Å². The van der Waals surface area contributed by atoms with Crippen LogP contribution in [0.15, 0.2) is 29.3 Å². The fourth-order valence-electron chi connectivity index (χ4n) is 1.97. The number of benzene rings is 1. The van der Waals surface area contributed by atoms with Gasteiger partial charge in [0.15, 0.2) is 5.96 Å². The molecule has 0 saturated carbocycles. The first-order valence-corrected chi connectivity index (χ1v) is 7.42. The zero-order valence-electron chi connectivity index (χ0n) is 13.2. The van der Waals surface area contributed by atoms with E-state index in [2.05, 4.69) is 10.3 Å². The molecule has 1 N–H and O–H groups in total. The first-order chi connectivity index (χ1) is 10.3. The van der Waals surface area contributed by atoms with Crippen molar-refractivity contribution in [1.29, 1.82) is 0 Å². The van der Waals surface area contributed by atoms with Gasteiger partial charge in [-0.15, -0.1) is 24.0 Å². The number of guanidine groups is 1. The lowest BCUT2D eigenvalue weighted by Gasteiger charge is -2.22. The Morgan fingerprint density at radius 3 is 2.35 bits per heavy atom. The SMILES string of the molecule is CN=C(NCCCCC(F)(F)F)N(C)Cc1ccc(Cl)cc1.I. The molecule has 0 radical (unpaired) electrons. The number of nitrogens with zero attached hydrogens (tertiary/aromatic N) is 2. The van der Waals surface area contributed by atoms with Crippen molar-refractivity contribution in [3.05, 3.63) is 34.9 Å². The Bertz CT molecular complexity index is 478. The van der Waals surface area contributed by atoms with Crippen LogP contribution in [0.25, 0.3) is 0 Å². The first kappa shape index (κ1) is 22.3. The highest BCUT2D eigenvalue weighted by Crippen LogP contribution is 2.21. The maximum atomic E-state index is 12.0. The fraction of sp³-hybridized carbons (Fsp3) is 0.533. The fourth-order valence-corrected chi connectivity index (χ4v) is 2.10. The van der Waals surface area contributed by atoms with Gasteiger partial charge < -0.3 is 10.2 Å². The smallest absolute Gasteiger partial charge is 0.356 e. The van der Waals surface area contributed by atoms with Crippen LogP contribution in [-0.4, -0.2) is 37.7 Å². The summed E-state index contributed by atoms with van der Waals surface area (Å²) in [5, 5.41) is 3.75. The van der Waals surface area contributed by atoms with E-state index in [1.54, 1.807) is 7.05 Å². The Kier molecular flexibility index (Phi) is 10.6. The maximum absolute atomic E-state index is 12.0. The normalized spacial score (nSPS) is 11.8. The van der Waals surface area contributed by atoms with Gasteiger partial charge in [0.1, 0.15) is 0 Å². The molecule has 1 rings (SSSR count). The number of rotatable bonds is 6. The number of alkyl halides is 3. The highest BCUT2D eigenvalue weighted by molar-refractivity contribution is 14.0. The molecule has 0 saturated heterocycles. The molecule has 0 unspecified atom stereocenters. The van der Waals surface area contributed by atoms with E-state index in [1.807, 2.05) is 36.2 Å². The third-order valence-electron chi connectivity index (χ3n) is 3.08.